The Labute approximate surface area is 475 Å². The van der Waals surface area contributed by atoms with Crippen molar-refractivity contribution < 1.29 is 28.6 Å². The summed E-state index contributed by atoms with van der Waals surface area (Å²) in [4.78, 5) is 38.3. The largest absolute Gasteiger partial charge is 0.462 e. The molecule has 6 heteroatoms. The predicted molar refractivity (Wildman–Crippen MR) is 334 cm³/mol. The first-order chi connectivity index (χ1) is 38.0. The van der Waals surface area contributed by atoms with Crippen LogP contribution < -0.4 is 0 Å². The molecule has 0 aromatic rings. The van der Waals surface area contributed by atoms with E-state index in [1.54, 1.807) is 0 Å². The van der Waals surface area contributed by atoms with Crippen LogP contribution in [0.15, 0.2) is 122 Å². The van der Waals surface area contributed by atoms with Crippen LogP contribution in [-0.2, 0) is 28.6 Å². The molecule has 0 aliphatic carbocycles. The normalized spacial score (nSPS) is 12.9. The third-order valence-electron chi connectivity index (χ3n) is 13.4. The van der Waals surface area contributed by atoms with Crippen LogP contribution in [0.4, 0.5) is 0 Å². The highest BCUT2D eigenvalue weighted by molar-refractivity contribution is 5.71. The Morgan fingerprint density at radius 3 is 0.831 bits per heavy atom. The number of ether oxygens (including phenoxy) is 3. The molecular formula is C71H118O6. The summed E-state index contributed by atoms with van der Waals surface area (Å²) in [5.41, 5.74) is 0. The van der Waals surface area contributed by atoms with Crippen molar-refractivity contribution in [2.24, 2.45) is 0 Å². The van der Waals surface area contributed by atoms with Gasteiger partial charge in [0.1, 0.15) is 13.2 Å². The van der Waals surface area contributed by atoms with E-state index in [-0.39, 0.29) is 31.1 Å². The van der Waals surface area contributed by atoms with Gasteiger partial charge >= 0.3 is 17.9 Å². The number of allylic oxidation sites excluding steroid dienone is 20. The van der Waals surface area contributed by atoms with Gasteiger partial charge in [-0.25, -0.2) is 0 Å². The van der Waals surface area contributed by atoms with Crippen molar-refractivity contribution in [2.75, 3.05) is 13.2 Å². The molecule has 0 amide bonds. The van der Waals surface area contributed by atoms with Crippen LogP contribution in [0.25, 0.3) is 0 Å². The van der Waals surface area contributed by atoms with E-state index in [1.807, 2.05) is 0 Å². The fourth-order valence-corrected chi connectivity index (χ4v) is 8.62. The number of hydrogen-bond acceptors (Lipinski definition) is 6. The molecule has 0 aromatic heterocycles. The molecular weight excluding hydrogens is 949 g/mol. The smallest absolute Gasteiger partial charge is 0.306 e. The molecule has 0 N–H and O–H groups in total. The summed E-state index contributed by atoms with van der Waals surface area (Å²) in [6, 6.07) is 0. The summed E-state index contributed by atoms with van der Waals surface area (Å²) in [6.07, 6.45) is 89.1. The van der Waals surface area contributed by atoms with Crippen molar-refractivity contribution in [1.29, 1.82) is 0 Å². The molecule has 438 valence electrons. The van der Waals surface area contributed by atoms with Gasteiger partial charge in [-0.05, 0) is 135 Å². The molecule has 0 aliphatic rings. The van der Waals surface area contributed by atoms with Crippen LogP contribution in [0, 0.1) is 0 Å². The van der Waals surface area contributed by atoms with Crippen LogP contribution >= 0.6 is 0 Å². The second kappa shape index (κ2) is 64.3. The van der Waals surface area contributed by atoms with Gasteiger partial charge in [-0.15, -0.1) is 0 Å². The molecule has 1 atom stereocenters. The highest BCUT2D eigenvalue weighted by Gasteiger charge is 2.19. The van der Waals surface area contributed by atoms with E-state index in [0.29, 0.717) is 25.7 Å². The molecule has 0 heterocycles. The van der Waals surface area contributed by atoms with E-state index >= 15 is 0 Å². The standard InChI is InChI=1S/C71H118O6/c1-4-7-10-13-16-19-22-25-28-31-32-33-34-35-36-37-38-39-40-41-44-46-49-52-55-58-61-64-70(73)76-67-68(77-71(74)65-62-59-56-53-50-47-43-30-27-24-21-18-15-12-9-6-3)66-75-69(72)63-60-57-54-51-48-45-42-29-26-23-20-17-14-11-8-5-2/h7,10,16,19,25,28-30,32-33,35-36,38-39,41-44,49,52,68H,4-6,8-9,11-15,17-18,20-24,26-27,31,34,37,40,45-48,50-51,53-67H2,1-3H3/b10-7-,19-16-,28-25-,33-32-,36-35-,39-38-,42-29-,43-30-,44-41-,52-49-. The van der Waals surface area contributed by atoms with Crippen molar-refractivity contribution in [1.82, 2.24) is 0 Å². The number of rotatable bonds is 57. The van der Waals surface area contributed by atoms with Crippen molar-refractivity contribution in [3.8, 4) is 0 Å². The first kappa shape index (κ1) is 72.8. The summed E-state index contributed by atoms with van der Waals surface area (Å²) in [7, 11) is 0. The summed E-state index contributed by atoms with van der Waals surface area (Å²) in [5, 5.41) is 0. The Hall–Kier alpha value is -4.19. The van der Waals surface area contributed by atoms with Crippen molar-refractivity contribution in [2.45, 2.75) is 297 Å². The van der Waals surface area contributed by atoms with Gasteiger partial charge in [0, 0.05) is 19.3 Å². The van der Waals surface area contributed by atoms with Crippen LogP contribution in [0.1, 0.15) is 290 Å². The minimum Gasteiger partial charge on any atom is -0.462 e. The summed E-state index contributed by atoms with van der Waals surface area (Å²) < 4.78 is 16.9. The summed E-state index contributed by atoms with van der Waals surface area (Å²) in [5.74, 6) is -0.958. The lowest BCUT2D eigenvalue weighted by Crippen LogP contribution is -2.30. The van der Waals surface area contributed by atoms with E-state index in [4.69, 9.17) is 14.2 Å². The fourth-order valence-electron chi connectivity index (χ4n) is 8.62. The Bertz CT molecular complexity index is 1600. The molecule has 0 aliphatic heterocycles. The molecule has 0 saturated heterocycles. The minimum absolute atomic E-state index is 0.101. The van der Waals surface area contributed by atoms with Crippen LogP contribution in [0.3, 0.4) is 0 Å². The molecule has 77 heavy (non-hydrogen) atoms. The van der Waals surface area contributed by atoms with Crippen LogP contribution in [0.5, 0.6) is 0 Å². The second-order valence-electron chi connectivity index (χ2n) is 20.9. The second-order valence-corrected chi connectivity index (χ2v) is 20.9. The number of carbonyl (C=O) groups is 3. The first-order valence-electron chi connectivity index (χ1n) is 32.0. The number of hydrogen-bond donors (Lipinski definition) is 0. The van der Waals surface area contributed by atoms with Crippen molar-refractivity contribution in [3.63, 3.8) is 0 Å². The van der Waals surface area contributed by atoms with E-state index in [2.05, 4.69) is 142 Å². The van der Waals surface area contributed by atoms with Gasteiger partial charge in [0.25, 0.3) is 0 Å². The Kier molecular flexibility index (Phi) is 60.8. The molecule has 0 aromatic carbocycles. The highest BCUT2D eigenvalue weighted by Crippen LogP contribution is 2.14. The topological polar surface area (TPSA) is 78.9 Å². The Morgan fingerprint density at radius 2 is 0.506 bits per heavy atom. The molecule has 0 radical (unpaired) electrons. The van der Waals surface area contributed by atoms with E-state index in [0.717, 1.165) is 128 Å². The molecule has 0 spiro atoms. The Balaban J connectivity index is 4.46. The van der Waals surface area contributed by atoms with Crippen molar-refractivity contribution in [3.05, 3.63) is 122 Å². The highest BCUT2D eigenvalue weighted by atomic mass is 16.6. The molecule has 0 bridgehead atoms. The summed E-state index contributed by atoms with van der Waals surface area (Å²) >= 11 is 0. The summed E-state index contributed by atoms with van der Waals surface area (Å²) in [6.45, 7) is 6.48. The average molecular weight is 1070 g/mol. The van der Waals surface area contributed by atoms with Gasteiger partial charge in [0.05, 0.1) is 0 Å². The van der Waals surface area contributed by atoms with E-state index in [9.17, 15) is 14.4 Å². The SMILES string of the molecule is CC/C=C\C/C=C\C/C=C\C/C=C\C/C=C\C/C=C\C/C=C\C/C=C\CCCCC(=O)OCC(COC(=O)CCCCCCC/C=C\CCCCCCCCC)OC(=O)CCCCCCC/C=C\CCCCCCCCC. The minimum atomic E-state index is -0.808. The first-order valence-corrected chi connectivity index (χ1v) is 32.0. The lowest BCUT2D eigenvalue weighted by atomic mass is 10.1. The monoisotopic (exact) mass is 1070 g/mol. The van der Waals surface area contributed by atoms with Crippen LogP contribution in [-0.4, -0.2) is 37.2 Å². The van der Waals surface area contributed by atoms with Gasteiger partial charge in [-0.1, -0.05) is 258 Å². The van der Waals surface area contributed by atoms with Crippen molar-refractivity contribution >= 4 is 17.9 Å². The molecule has 6 nitrogen and oxygen atoms in total. The van der Waals surface area contributed by atoms with Gasteiger partial charge < -0.3 is 14.2 Å². The molecule has 0 rings (SSSR count). The lowest BCUT2D eigenvalue weighted by molar-refractivity contribution is -0.167. The zero-order valence-electron chi connectivity index (χ0n) is 50.2. The number of carbonyl (C=O) groups excluding carboxylic acids is 3. The van der Waals surface area contributed by atoms with Gasteiger partial charge in [0.15, 0.2) is 6.10 Å². The maximum Gasteiger partial charge on any atom is 0.306 e. The maximum absolute atomic E-state index is 12.9. The quantitative estimate of drug-likeness (QED) is 0.0261. The van der Waals surface area contributed by atoms with E-state index in [1.165, 1.54) is 116 Å². The molecule has 0 fully saturated rings. The van der Waals surface area contributed by atoms with Gasteiger partial charge in [-0.3, -0.25) is 14.4 Å². The predicted octanol–water partition coefficient (Wildman–Crippen LogP) is 22.0. The fraction of sp³-hybridized carbons (Fsp3) is 0.676. The number of unbranched alkanes of at least 4 members (excludes halogenated alkanes) is 26. The number of esters is 3. The van der Waals surface area contributed by atoms with Crippen LogP contribution in [0.2, 0.25) is 0 Å². The average Bonchev–Trinajstić information content (AvgIpc) is 3.43. The zero-order chi connectivity index (χ0) is 55.7. The van der Waals surface area contributed by atoms with Gasteiger partial charge in [-0.2, -0.15) is 0 Å². The third-order valence-corrected chi connectivity index (χ3v) is 13.4. The molecule has 1 unspecified atom stereocenters. The molecule has 0 saturated carbocycles. The lowest BCUT2D eigenvalue weighted by Gasteiger charge is -2.18. The maximum atomic E-state index is 12.9. The Morgan fingerprint density at radius 1 is 0.273 bits per heavy atom. The van der Waals surface area contributed by atoms with Gasteiger partial charge in [0.2, 0.25) is 0 Å². The zero-order valence-corrected chi connectivity index (χ0v) is 50.2. The van der Waals surface area contributed by atoms with E-state index < -0.39 is 6.10 Å². The third kappa shape index (κ3) is 62.5.